The van der Waals surface area contributed by atoms with Crippen LogP contribution in [0, 0.1) is 0 Å². The summed E-state index contributed by atoms with van der Waals surface area (Å²) in [6.07, 6.45) is 0.899. The number of carbonyl (C=O) groups is 2. The second-order valence-electron chi connectivity index (χ2n) is 10.3. The molecule has 0 bridgehead atoms. The van der Waals surface area contributed by atoms with Gasteiger partial charge in [-0.25, -0.2) is 14.6 Å². The zero-order valence-corrected chi connectivity index (χ0v) is 21.1. The minimum Gasteiger partial charge on any atom is -0.444 e. The summed E-state index contributed by atoms with van der Waals surface area (Å²) in [6, 6.07) is 5.58. The van der Waals surface area contributed by atoms with Crippen molar-refractivity contribution in [2.45, 2.75) is 52.7 Å². The Bertz CT molecular complexity index is 1250. The number of carbonyl (C=O) groups excluding carboxylic acids is 2. The molecule has 0 aliphatic carbocycles. The number of benzene rings is 1. The van der Waals surface area contributed by atoms with Crippen LogP contribution in [0.2, 0.25) is 5.28 Å². The summed E-state index contributed by atoms with van der Waals surface area (Å²) in [4.78, 5) is 37.8. The molecule has 0 saturated carbocycles. The van der Waals surface area contributed by atoms with E-state index in [-0.39, 0.29) is 11.4 Å². The summed E-state index contributed by atoms with van der Waals surface area (Å²) in [5, 5.41) is 1.72. The number of amides is 1. The Labute approximate surface area is 203 Å². The molecule has 1 fully saturated rings. The lowest BCUT2D eigenvalue weighted by atomic mass is 10.1. The lowest BCUT2D eigenvalue weighted by Crippen LogP contribution is -2.50. The normalized spacial score (nSPS) is 15.1. The molecular weight excluding hydrogens is 458 g/mol. The monoisotopic (exact) mass is 487 g/mol. The molecule has 0 N–H and O–H groups in total. The fraction of sp³-hybridized carbons (Fsp3) is 0.500. The van der Waals surface area contributed by atoms with Crippen molar-refractivity contribution >= 4 is 51.4 Å². The van der Waals surface area contributed by atoms with Crippen LogP contribution in [-0.2, 0) is 9.47 Å². The first kappa shape index (κ1) is 24.1. The third kappa shape index (κ3) is 5.04. The van der Waals surface area contributed by atoms with Crippen molar-refractivity contribution in [1.82, 2.24) is 19.4 Å². The van der Waals surface area contributed by atoms with Gasteiger partial charge in [0.2, 0.25) is 5.28 Å². The van der Waals surface area contributed by atoms with Gasteiger partial charge in [0.15, 0.2) is 0 Å². The van der Waals surface area contributed by atoms with Crippen LogP contribution in [0.25, 0.3) is 21.8 Å². The molecule has 1 saturated heterocycles. The van der Waals surface area contributed by atoms with Gasteiger partial charge < -0.3 is 19.3 Å². The molecular formula is C24H30ClN5O4. The van der Waals surface area contributed by atoms with Crippen molar-refractivity contribution in [3.63, 3.8) is 0 Å². The zero-order chi connectivity index (χ0) is 24.8. The standard InChI is InChI=1S/C24H30ClN5O4/c1-23(2,3)33-21(31)29-13-11-28(12-14-29)19-16-7-8-17-15(18(16)26-20(25)27-19)9-10-30(17)22(32)34-24(4,5)6/h7-10H,11-14H2,1-6H3. The van der Waals surface area contributed by atoms with Gasteiger partial charge in [0.25, 0.3) is 0 Å². The highest BCUT2D eigenvalue weighted by atomic mass is 35.5. The Morgan fingerprint density at radius 3 is 2.09 bits per heavy atom. The van der Waals surface area contributed by atoms with Gasteiger partial charge in [0, 0.05) is 43.1 Å². The van der Waals surface area contributed by atoms with Crippen LogP contribution in [-0.4, -0.2) is 69.0 Å². The molecule has 182 valence electrons. The van der Waals surface area contributed by atoms with Gasteiger partial charge in [0.05, 0.1) is 11.0 Å². The fourth-order valence-corrected chi connectivity index (χ4v) is 4.07. The summed E-state index contributed by atoms with van der Waals surface area (Å²) >= 11 is 6.32. The highest BCUT2D eigenvalue weighted by molar-refractivity contribution is 6.29. The first-order chi connectivity index (χ1) is 15.8. The Morgan fingerprint density at radius 1 is 0.853 bits per heavy atom. The lowest BCUT2D eigenvalue weighted by molar-refractivity contribution is 0.0240. The highest BCUT2D eigenvalue weighted by Gasteiger charge is 2.28. The second-order valence-corrected chi connectivity index (χ2v) is 10.7. The molecule has 0 radical (unpaired) electrons. The van der Waals surface area contributed by atoms with E-state index in [1.807, 2.05) is 59.7 Å². The van der Waals surface area contributed by atoms with Gasteiger partial charge in [-0.3, -0.25) is 4.57 Å². The maximum atomic E-state index is 12.7. The van der Waals surface area contributed by atoms with E-state index >= 15 is 0 Å². The van der Waals surface area contributed by atoms with E-state index in [0.717, 1.165) is 10.8 Å². The van der Waals surface area contributed by atoms with Crippen molar-refractivity contribution in [2.75, 3.05) is 31.1 Å². The van der Waals surface area contributed by atoms with Gasteiger partial charge >= 0.3 is 12.2 Å². The molecule has 3 aromatic rings. The Hall–Kier alpha value is -3.07. The lowest BCUT2D eigenvalue weighted by Gasteiger charge is -2.36. The van der Waals surface area contributed by atoms with Crippen LogP contribution in [0.5, 0.6) is 0 Å². The number of anilines is 1. The van der Waals surface area contributed by atoms with Crippen LogP contribution in [0.4, 0.5) is 15.4 Å². The SMILES string of the molecule is CC(C)(C)OC(=O)N1CCN(c2nc(Cl)nc3c2ccc2c3ccn2C(=O)OC(C)(C)C)CC1. The quantitative estimate of drug-likeness (QED) is 0.442. The van der Waals surface area contributed by atoms with Gasteiger partial charge in [0.1, 0.15) is 17.0 Å². The Balaban J connectivity index is 1.63. The molecule has 2 aromatic heterocycles. The molecule has 4 rings (SSSR count). The third-order valence-corrected chi connectivity index (χ3v) is 5.48. The third-order valence-electron chi connectivity index (χ3n) is 5.31. The first-order valence-corrected chi connectivity index (χ1v) is 11.6. The van der Waals surface area contributed by atoms with Crippen molar-refractivity contribution in [3.8, 4) is 0 Å². The van der Waals surface area contributed by atoms with Crippen molar-refractivity contribution in [2.24, 2.45) is 0 Å². The van der Waals surface area contributed by atoms with Crippen molar-refractivity contribution in [3.05, 3.63) is 29.7 Å². The summed E-state index contributed by atoms with van der Waals surface area (Å²) in [7, 11) is 0. The zero-order valence-electron chi connectivity index (χ0n) is 20.4. The van der Waals surface area contributed by atoms with E-state index in [1.165, 1.54) is 4.57 Å². The average Bonchev–Trinajstić information content (AvgIpc) is 3.16. The number of rotatable bonds is 1. The maximum Gasteiger partial charge on any atom is 0.418 e. The topological polar surface area (TPSA) is 89.8 Å². The smallest absolute Gasteiger partial charge is 0.418 e. The highest BCUT2D eigenvalue weighted by Crippen LogP contribution is 2.32. The van der Waals surface area contributed by atoms with E-state index < -0.39 is 17.3 Å². The van der Waals surface area contributed by atoms with Crippen LogP contribution in [0.3, 0.4) is 0 Å². The van der Waals surface area contributed by atoms with Crippen molar-refractivity contribution < 1.29 is 19.1 Å². The molecule has 0 atom stereocenters. The molecule has 3 heterocycles. The van der Waals surface area contributed by atoms with Gasteiger partial charge in [-0.05, 0) is 71.3 Å². The average molecular weight is 488 g/mol. The number of piperazine rings is 1. The van der Waals surface area contributed by atoms with Gasteiger partial charge in [-0.15, -0.1) is 0 Å². The molecule has 1 aliphatic rings. The molecule has 9 nitrogen and oxygen atoms in total. The molecule has 10 heteroatoms. The summed E-state index contributed by atoms with van der Waals surface area (Å²) < 4.78 is 12.5. The number of hydrogen-bond donors (Lipinski definition) is 0. The van der Waals surface area contributed by atoms with E-state index in [2.05, 4.69) is 14.9 Å². The maximum absolute atomic E-state index is 12.7. The molecule has 1 aliphatic heterocycles. The number of halogens is 1. The number of ether oxygens (including phenoxy) is 2. The molecule has 1 amide bonds. The number of fused-ring (bicyclic) bond motifs is 3. The van der Waals surface area contributed by atoms with E-state index in [9.17, 15) is 9.59 Å². The van der Waals surface area contributed by atoms with Crippen LogP contribution in [0.15, 0.2) is 24.4 Å². The summed E-state index contributed by atoms with van der Waals surface area (Å²) in [5.41, 5.74) is 0.192. The number of hydrogen-bond acceptors (Lipinski definition) is 7. The number of nitrogens with zero attached hydrogens (tertiary/aromatic N) is 5. The summed E-state index contributed by atoms with van der Waals surface area (Å²) in [6.45, 7) is 13.2. The molecule has 0 unspecified atom stereocenters. The predicted octanol–water partition coefficient (Wildman–Crippen LogP) is 5.08. The minimum absolute atomic E-state index is 0.120. The van der Waals surface area contributed by atoms with Crippen LogP contribution in [0.1, 0.15) is 41.5 Å². The Kier molecular flexibility index (Phi) is 6.10. The minimum atomic E-state index is -0.607. The van der Waals surface area contributed by atoms with Gasteiger partial charge in [-0.2, -0.15) is 4.98 Å². The van der Waals surface area contributed by atoms with E-state index in [4.69, 9.17) is 21.1 Å². The number of aromatic nitrogens is 3. The van der Waals surface area contributed by atoms with E-state index in [0.29, 0.717) is 43.0 Å². The van der Waals surface area contributed by atoms with Crippen molar-refractivity contribution in [1.29, 1.82) is 0 Å². The molecule has 34 heavy (non-hydrogen) atoms. The predicted molar refractivity (Wildman–Crippen MR) is 132 cm³/mol. The Morgan fingerprint density at radius 2 is 1.47 bits per heavy atom. The second kappa shape index (κ2) is 8.61. The van der Waals surface area contributed by atoms with Crippen LogP contribution < -0.4 is 4.90 Å². The fourth-order valence-electron chi connectivity index (χ4n) is 3.91. The molecule has 1 aromatic carbocycles. The first-order valence-electron chi connectivity index (χ1n) is 11.3. The van der Waals surface area contributed by atoms with Crippen LogP contribution >= 0.6 is 11.6 Å². The van der Waals surface area contributed by atoms with Gasteiger partial charge in [-0.1, -0.05) is 0 Å². The molecule has 0 spiro atoms. The summed E-state index contributed by atoms with van der Waals surface area (Å²) in [5.74, 6) is 0.700. The van der Waals surface area contributed by atoms with E-state index in [1.54, 1.807) is 11.1 Å². The largest absolute Gasteiger partial charge is 0.444 e.